The van der Waals surface area contributed by atoms with Crippen LogP contribution in [0.25, 0.3) is 0 Å². The van der Waals surface area contributed by atoms with E-state index >= 15 is 0 Å². The molecule has 1 atom stereocenters. The number of nitrogens with two attached hydrogens (primary N) is 2. The number of nitrogens with zero attached hydrogens (tertiary/aromatic N) is 1. The summed E-state index contributed by atoms with van der Waals surface area (Å²) in [5, 5.41) is 28.6. The first-order valence-corrected chi connectivity index (χ1v) is 10.1. The number of nitrogen functional groups attached to an aromatic ring is 2. The SMILES string of the molecule is Nc1nc(N)c(CCCCc2cccs2)c(=O)[nH]1.O=C(O)CCC(NC(=O)O)C(=O)O. The molecule has 12 nitrogen and oxygen atoms in total. The van der Waals surface area contributed by atoms with Crippen LogP contribution in [0.2, 0.25) is 0 Å². The Morgan fingerprint density at radius 1 is 1.16 bits per heavy atom. The van der Waals surface area contributed by atoms with Gasteiger partial charge < -0.3 is 32.1 Å². The van der Waals surface area contributed by atoms with Gasteiger partial charge in [0.25, 0.3) is 5.56 Å². The van der Waals surface area contributed by atoms with Gasteiger partial charge in [0, 0.05) is 11.3 Å². The Balaban J connectivity index is 0.000000330. The number of unbranched alkanes of at least 4 members (excludes halogenated alkanes) is 1. The van der Waals surface area contributed by atoms with Gasteiger partial charge in [-0.2, -0.15) is 4.98 Å². The van der Waals surface area contributed by atoms with Gasteiger partial charge in [0.05, 0.1) is 5.56 Å². The molecule has 1 amide bonds. The first-order chi connectivity index (χ1) is 14.6. The number of aromatic amines is 1. The quantitative estimate of drug-likeness (QED) is 0.253. The lowest BCUT2D eigenvalue weighted by Crippen LogP contribution is -2.40. The molecule has 0 aliphatic rings. The lowest BCUT2D eigenvalue weighted by molar-refractivity contribution is -0.140. The van der Waals surface area contributed by atoms with Crippen LogP contribution in [0.1, 0.15) is 36.1 Å². The normalized spacial score (nSPS) is 11.1. The number of carboxylic acid groups (broad SMARTS) is 3. The minimum absolute atomic E-state index is 0.0693. The van der Waals surface area contributed by atoms with Crippen molar-refractivity contribution < 1.29 is 29.7 Å². The fraction of sp³-hybridized carbons (Fsp3) is 0.389. The number of carboxylic acids is 2. The van der Waals surface area contributed by atoms with Crippen LogP contribution >= 0.6 is 11.3 Å². The van der Waals surface area contributed by atoms with Crippen LogP contribution in [0, 0.1) is 0 Å². The molecule has 0 fully saturated rings. The van der Waals surface area contributed by atoms with Crippen molar-refractivity contribution >= 4 is 41.1 Å². The predicted octanol–water partition coefficient (Wildman–Crippen LogP) is 1.13. The molecule has 2 heterocycles. The summed E-state index contributed by atoms with van der Waals surface area (Å²) in [5.74, 6) is -2.24. The number of rotatable bonds is 10. The van der Waals surface area contributed by atoms with Gasteiger partial charge in [0.1, 0.15) is 11.9 Å². The van der Waals surface area contributed by atoms with Gasteiger partial charge in [-0.1, -0.05) is 6.07 Å². The highest BCUT2D eigenvalue weighted by molar-refractivity contribution is 7.09. The molecule has 0 bridgehead atoms. The molecule has 1 unspecified atom stereocenters. The van der Waals surface area contributed by atoms with E-state index in [4.69, 9.17) is 26.8 Å². The molecule has 0 aliphatic carbocycles. The number of aromatic nitrogens is 2. The van der Waals surface area contributed by atoms with E-state index < -0.39 is 30.5 Å². The first-order valence-electron chi connectivity index (χ1n) is 9.20. The van der Waals surface area contributed by atoms with Gasteiger partial charge in [-0.05, 0) is 43.6 Å². The van der Waals surface area contributed by atoms with Crippen molar-refractivity contribution in [2.75, 3.05) is 11.5 Å². The summed E-state index contributed by atoms with van der Waals surface area (Å²) in [4.78, 5) is 49.7. The number of H-pyrrole nitrogens is 1. The van der Waals surface area contributed by atoms with Gasteiger partial charge in [-0.25, -0.2) is 9.59 Å². The summed E-state index contributed by atoms with van der Waals surface area (Å²) < 4.78 is 0. The van der Waals surface area contributed by atoms with Crippen LogP contribution in [-0.2, 0) is 22.4 Å². The third-order valence-electron chi connectivity index (χ3n) is 3.99. The van der Waals surface area contributed by atoms with Gasteiger partial charge in [0.15, 0.2) is 0 Å². The average molecular weight is 455 g/mol. The molecule has 2 rings (SSSR count). The van der Waals surface area contributed by atoms with Crippen molar-refractivity contribution in [3.8, 4) is 0 Å². The standard InChI is InChI=1S/C12H16N4OS.C6H9NO6/c13-10-9(11(17)16-12(14)15-10)6-2-1-4-8-5-3-7-18-8;8-4(9)2-1-3(5(10)11)7-6(12)13/h3,5,7H,1-2,4,6H2,(H5,13,14,15,16,17);3,7H,1-2H2,(H,8,9)(H,10,11)(H,12,13). The molecular formula is C18H25N5O7S. The predicted molar refractivity (Wildman–Crippen MR) is 114 cm³/mol. The third-order valence-corrected chi connectivity index (χ3v) is 4.92. The maximum absolute atomic E-state index is 11.6. The van der Waals surface area contributed by atoms with Crippen molar-refractivity contribution in [2.24, 2.45) is 0 Å². The highest BCUT2D eigenvalue weighted by atomic mass is 32.1. The van der Waals surface area contributed by atoms with Crippen LogP contribution in [0.3, 0.4) is 0 Å². The number of aliphatic carboxylic acids is 2. The van der Waals surface area contributed by atoms with Crippen LogP contribution in [0.15, 0.2) is 22.3 Å². The second-order valence-electron chi connectivity index (χ2n) is 6.37. The second-order valence-corrected chi connectivity index (χ2v) is 7.41. The molecule has 0 aromatic carbocycles. The largest absolute Gasteiger partial charge is 0.481 e. The summed E-state index contributed by atoms with van der Waals surface area (Å²) >= 11 is 1.76. The molecule has 0 spiro atoms. The summed E-state index contributed by atoms with van der Waals surface area (Å²) in [5.41, 5.74) is 11.4. The van der Waals surface area contributed by atoms with E-state index in [-0.39, 0.29) is 23.7 Å². The molecule has 31 heavy (non-hydrogen) atoms. The number of hydrogen-bond acceptors (Lipinski definition) is 8. The Bertz CT molecular complexity index is 930. The number of carbonyl (C=O) groups is 3. The summed E-state index contributed by atoms with van der Waals surface area (Å²) in [6.07, 6.45) is 1.48. The maximum Gasteiger partial charge on any atom is 0.405 e. The Kier molecular flexibility index (Phi) is 10.5. The van der Waals surface area contributed by atoms with Crippen LogP contribution < -0.4 is 22.3 Å². The molecule has 0 saturated heterocycles. The lowest BCUT2D eigenvalue weighted by atomic mass is 10.1. The Morgan fingerprint density at radius 2 is 1.84 bits per heavy atom. The molecule has 0 saturated carbocycles. The molecule has 0 radical (unpaired) electrons. The monoisotopic (exact) mass is 455 g/mol. The Morgan fingerprint density at radius 3 is 2.35 bits per heavy atom. The Hall–Kier alpha value is -3.61. The summed E-state index contributed by atoms with van der Waals surface area (Å²) in [6.45, 7) is 0. The van der Waals surface area contributed by atoms with Gasteiger partial charge in [-0.15, -0.1) is 11.3 Å². The minimum Gasteiger partial charge on any atom is -0.481 e. The van der Waals surface area contributed by atoms with Crippen molar-refractivity contribution in [3.63, 3.8) is 0 Å². The molecule has 9 N–H and O–H groups in total. The van der Waals surface area contributed by atoms with E-state index in [2.05, 4.69) is 21.4 Å². The zero-order chi connectivity index (χ0) is 23.4. The van der Waals surface area contributed by atoms with Crippen molar-refractivity contribution in [1.82, 2.24) is 15.3 Å². The highest BCUT2D eigenvalue weighted by Gasteiger charge is 2.20. The van der Waals surface area contributed by atoms with Gasteiger partial charge >= 0.3 is 18.0 Å². The zero-order valence-corrected chi connectivity index (χ0v) is 17.4. The average Bonchev–Trinajstić information content (AvgIpc) is 3.17. The number of nitrogens with one attached hydrogen (secondary N) is 2. The number of thiophene rings is 1. The maximum atomic E-state index is 11.6. The molecule has 13 heteroatoms. The van der Waals surface area contributed by atoms with Crippen molar-refractivity contribution in [1.29, 1.82) is 0 Å². The van der Waals surface area contributed by atoms with Crippen molar-refractivity contribution in [3.05, 3.63) is 38.3 Å². The van der Waals surface area contributed by atoms with Crippen molar-refractivity contribution in [2.45, 2.75) is 44.6 Å². The summed E-state index contributed by atoms with van der Waals surface area (Å²) in [6, 6.07) is 2.80. The smallest absolute Gasteiger partial charge is 0.405 e. The molecule has 2 aromatic rings. The molecule has 170 valence electrons. The van der Waals surface area contributed by atoms with E-state index in [1.165, 1.54) is 4.88 Å². The van der Waals surface area contributed by atoms with E-state index in [0.717, 1.165) is 19.3 Å². The fourth-order valence-electron chi connectivity index (χ4n) is 2.50. The number of aryl methyl sites for hydroxylation is 1. The van der Waals surface area contributed by atoms with E-state index in [9.17, 15) is 19.2 Å². The van der Waals surface area contributed by atoms with Crippen LogP contribution in [-0.4, -0.2) is 49.4 Å². The number of anilines is 2. The highest BCUT2D eigenvalue weighted by Crippen LogP contribution is 2.14. The minimum atomic E-state index is -1.49. The number of amides is 1. The fourth-order valence-corrected chi connectivity index (χ4v) is 3.26. The molecule has 2 aromatic heterocycles. The lowest BCUT2D eigenvalue weighted by Gasteiger charge is -2.09. The van der Waals surface area contributed by atoms with Crippen LogP contribution in [0.5, 0.6) is 0 Å². The second kappa shape index (κ2) is 12.8. The van der Waals surface area contributed by atoms with E-state index in [0.29, 0.717) is 12.0 Å². The van der Waals surface area contributed by atoms with E-state index in [1.807, 2.05) is 6.07 Å². The van der Waals surface area contributed by atoms with Gasteiger partial charge in [-0.3, -0.25) is 14.6 Å². The summed E-state index contributed by atoms with van der Waals surface area (Å²) in [7, 11) is 0. The molecule has 0 aliphatic heterocycles. The van der Waals surface area contributed by atoms with Crippen LogP contribution in [0.4, 0.5) is 16.6 Å². The Labute approximate surface area is 180 Å². The van der Waals surface area contributed by atoms with E-state index in [1.54, 1.807) is 16.7 Å². The van der Waals surface area contributed by atoms with Gasteiger partial charge in [0.2, 0.25) is 5.95 Å². The molecular weight excluding hydrogens is 430 g/mol. The first kappa shape index (κ1) is 25.4. The third kappa shape index (κ3) is 10.1. The topological polar surface area (TPSA) is 222 Å². The zero-order valence-electron chi connectivity index (χ0n) is 16.5. The number of hydrogen-bond donors (Lipinski definition) is 7.